The topological polar surface area (TPSA) is 60.2 Å². The molecular weight excluding hydrogens is 400 g/mol. The zero-order chi connectivity index (χ0) is 20.1. The molecule has 0 bridgehead atoms. The van der Waals surface area contributed by atoms with Gasteiger partial charge in [-0.05, 0) is 37.0 Å². The Hall–Kier alpha value is -2.70. The Morgan fingerprint density at radius 1 is 1.13 bits per heavy atom. The first-order chi connectivity index (χ1) is 14.2. The number of hydrogen-bond acceptors (Lipinski definition) is 5. The van der Waals surface area contributed by atoms with Crippen LogP contribution in [0.25, 0.3) is 11.3 Å². The van der Waals surface area contributed by atoms with Crippen molar-refractivity contribution in [3.63, 3.8) is 0 Å². The number of ether oxygens (including phenoxy) is 1. The molecule has 1 aliphatic rings. The van der Waals surface area contributed by atoms with E-state index in [1.54, 1.807) is 30.1 Å². The van der Waals surface area contributed by atoms with E-state index in [1.165, 1.54) is 5.56 Å². The first-order valence-corrected chi connectivity index (χ1v) is 10.1. The lowest BCUT2D eigenvalue weighted by Gasteiger charge is -2.21. The van der Waals surface area contributed by atoms with Crippen LogP contribution < -0.4 is 10.5 Å². The van der Waals surface area contributed by atoms with Crippen molar-refractivity contribution in [1.29, 1.82) is 0 Å². The van der Waals surface area contributed by atoms with Gasteiger partial charge >= 0.3 is 0 Å². The second-order valence-electron chi connectivity index (χ2n) is 7.39. The van der Waals surface area contributed by atoms with Crippen molar-refractivity contribution in [3.05, 3.63) is 76.8 Å². The van der Waals surface area contributed by atoms with Crippen LogP contribution >= 0.6 is 12.4 Å². The Labute approximate surface area is 183 Å². The van der Waals surface area contributed by atoms with E-state index in [4.69, 9.17) is 9.72 Å². The quantitative estimate of drug-likeness (QED) is 0.541. The highest BCUT2D eigenvalue weighted by atomic mass is 35.5. The maximum absolute atomic E-state index is 12.5. The maximum Gasteiger partial charge on any atom is 0.255 e. The van der Waals surface area contributed by atoms with E-state index in [-0.39, 0.29) is 24.1 Å². The minimum Gasteiger partial charge on any atom is -0.376 e. The molecule has 4 rings (SSSR count). The lowest BCUT2D eigenvalue weighted by molar-refractivity contribution is 0.0666. The molecule has 6 nitrogen and oxygen atoms in total. The second kappa shape index (κ2) is 10.4. The molecule has 0 aliphatic carbocycles. The molecule has 0 radical (unpaired) electrons. The van der Waals surface area contributed by atoms with Crippen molar-refractivity contribution in [3.8, 4) is 11.3 Å². The maximum atomic E-state index is 12.5. The molecule has 1 aromatic carbocycles. The molecule has 2 aromatic heterocycles. The summed E-state index contributed by atoms with van der Waals surface area (Å²) in [5.41, 5.74) is 2.86. The molecule has 1 atom stereocenters. The molecular formula is C23H27ClN4O2. The summed E-state index contributed by atoms with van der Waals surface area (Å²) in [6, 6.07) is 15.8. The first-order valence-electron chi connectivity index (χ1n) is 10.1. The van der Waals surface area contributed by atoms with Crippen LogP contribution in [0.1, 0.15) is 18.4 Å². The third-order valence-corrected chi connectivity index (χ3v) is 5.32. The van der Waals surface area contributed by atoms with Gasteiger partial charge in [-0.1, -0.05) is 30.3 Å². The van der Waals surface area contributed by atoms with E-state index >= 15 is 0 Å². The van der Waals surface area contributed by atoms with Crippen LogP contribution in [0.3, 0.4) is 0 Å². The SMILES string of the molecule is Cl.Cn1c(N2CCC(OCCCc3ccccc3)C2)nc(-c2ccncc2)cc1=O. The van der Waals surface area contributed by atoms with Crippen molar-refractivity contribution < 1.29 is 4.74 Å². The van der Waals surface area contributed by atoms with Crippen LogP contribution in [0, 0.1) is 0 Å². The fourth-order valence-corrected chi connectivity index (χ4v) is 3.70. The van der Waals surface area contributed by atoms with Gasteiger partial charge in [-0.15, -0.1) is 12.4 Å². The lowest BCUT2D eigenvalue weighted by atomic mass is 10.1. The minimum atomic E-state index is -0.0611. The molecule has 0 N–H and O–H groups in total. The van der Waals surface area contributed by atoms with Crippen LogP contribution in [0.15, 0.2) is 65.7 Å². The van der Waals surface area contributed by atoms with Gasteiger partial charge in [0, 0.05) is 50.8 Å². The van der Waals surface area contributed by atoms with Gasteiger partial charge < -0.3 is 9.64 Å². The van der Waals surface area contributed by atoms with Crippen molar-refractivity contribution in [2.45, 2.75) is 25.4 Å². The van der Waals surface area contributed by atoms with Crippen LogP contribution in [0.5, 0.6) is 0 Å². The fourth-order valence-electron chi connectivity index (χ4n) is 3.70. The zero-order valence-corrected chi connectivity index (χ0v) is 17.9. The van der Waals surface area contributed by atoms with E-state index < -0.39 is 0 Å². The largest absolute Gasteiger partial charge is 0.376 e. The molecule has 158 valence electrons. The van der Waals surface area contributed by atoms with Gasteiger partial charge in [0.25, 0.3) is 5.56 Å². The molecule has 0 amide bonds. The summed E-state index contributed by atoms with van der Waals surface area (Å²) in [5, 5.41) is 0. The molecule has 7 heteroatoms. The van der Waals surface area contributed by atoms with Crippen LogP contribution in [0.2, 0.25) is 0 Å². The number of aryl methyl sites for hydroxylation is 1. The highest BCUT2D eigenvalue weighted by Gasteiger charge is 2.26. The molecule has 1 aliphatic heterocycles. The third kappa shape index (κ3) is 5.26. The molecule has 0 spiro atoms. The Morgan fingerprint density at radius 2 is 1.90 bits per heavy atom. The van der Waals surface area contributed by atoms with Crippen molar-refractivity contribution in [1.82, 2.24) is 14.5 Å². The summed E-state index contributed by atoms with van der Waals surface area (Å²) in [6.45, 7) is 2.34. The summed E-state index contributed by atoms with van der Waals surface area (Å²) in [5.74, 6) is 0.694. The van der Waals surface area contributed by atoms with Crippen molar-refractivity contribution >= 4 is 18.4 Å². The van der Waals surface area contributed by atoms with Crippen LogP contribution in [-0.4, -0.2) is 40.3 Å². The van der Waals surface area contributed by atoms with E-state index in [2.05, 4.69) is 34.1 Å². The smallest absolute Gasteiger partial charge is 0.255 e. The number of anilines is 1. The number of halogens is 1. The zero-order valence-electron chi connectivity index (χ0n) is 17.1. The van der Waals surface area contributed by atoms with Gasteiger partial charge in [-0.2, -0.15) is 0 Å². The summed E-state index contributed by atoms with van der Waals surface area (Å²) in [7, 11) is 1.77. The molecule has 1 saturated heterocycles. The van der Waals surface area contributed by atoms with Crippen molar-refractivity contribution in [2.24, 2.45) is 7.05 Å². The molecule has 0 saturated carbocycles. The first kappa shape index (κ1) is 22.0. The number of pyridine rings is 1. The predicted molar refractivity (Wildman–Crippen MR) is 121 cm³/mol. The van der Waals surface area contributed by atoms with Crippen LogP contribution in [-0.2, 0) is 18.2 Å². The monoisotopic (exact) mass is 426 g/mol. The standard InChI is InChI=1S/C23H26N4O2.ClH/c1-26-22(28)16-21(19-9-12-24-13-10-19)25-23(26)27-14-11-20(17-27)29-15-5-8-18-6-3-2-4-7-18;/h2-4,6-7,9-10,12-13,16,20H,5,8,11,14-15,17H2,1H3;1H. The normalized spacial score (nSPS) is 15.8. The molecule has 1 unspecified atom stereocenters. The summed E-state index contributed by atoms with van der Waals surface area (Å²) in [6.07, 6.45) is 6.58. The van der Waals surface area contributed by atoms with Gasteiger partial charge in [0.05, 0.1) is 11.8 Å². The third-order valence-electron chi connectivity index (χ3n) is 5.32. The van der Waals surface area contributed by atoms with Gasteiger partial charge in [-0.3, -0.25) is 14.3 Å². The van der Waals surface area contributed by atoms with Gasteiger partial charge in [0.2, 0.25) is 5.95 Å². The van der Waals surface area contributed by atoms with Gasteiger partial charge in [0.1, 0.15) is 0 Å². The lowest BCUT2D eigenvalue weighted by Crippen LogP contribution is -2.31. The number of nitrogens with zero attached hydrogens (tertiary/aromatic N) is 4. The molecule has 3 aromatic rings. The highest BCUT2D eigenvalue weighted by molar-refractivity contribution is 5.85. The summed E-state index contributed by atoms with van der Waals surface area (Å²) in [4.78, 5) is 23.4. The molecule has 1 fully saturated rings. The fraction of sp³-hybridized carbons (Fsp3) is 0.348. The van der Waals surface area contributed by atoms with E-state index in [0.29, 0.717) is 11.6 Å². The second-order valence-corrected chi connectivity index (χ2v) is 7.39. The molecule has 30 heavy (non-hydrogen) atoms. The number of hydrogen-bond donors (Lipinski definition) is 0. The van der Waals surface area contributed by atoms with E-state index in [9.17, 15) is 4.79 Å². The Morgan fingerprint density at radius 3 is 2.67 bits per heavy atom. The average molecular weight is 427 g/mol. The van der Waals surface area contributed by atoms with Gasteiger partial charge in [0.15, 0.2) is 0 Å². The van der Waals surface area contributed by atoms with E-state index in [0.717, 1.165) is 44.5 Å². The minimum absolute atomic E-state index is 0. The Balaban J connectivity index is 0.00000256. The summed E-state index contributed by atoms with van der Waals surface area (Å²) >= 11 is 0. The van der Waals surface area contributed by atoms with Crippen LogP contribution in [0.4, 0.5) is 5.95 Å². The highest BCUT2D eigenvalue weighted by Crippen LogP contribution is 2.22. The van der Waals surface area contributed by atoms with E-state index in [1.807, 2.05) is 18.2 Å². The number of rotatable bonds is 7. The Kier molecular flexibility index (Phi) is 7.60. The predicted octanol–water partition coefficient (Wildman–Crippen LogP) is 3.49. The number of aromatic nitrogens is 3. The molecule has 3 heterocycles. The number of benzene rings is 1. The average Bonchev–Trinajstić information content (AvgIpc) is 3.23. The van der Waals surface area contributed by atoms with Crippen molar-refractivity contribution in [2.75, 3.05) is 24.6 Å². The summed E-state index contributed by atoms with van der Waals surface area (Å²) < 4.78 is 7.71. The van der Waals surface area contributed by atoms with Gasteiger partial charge in [-0.25, -0.2) is 4.98 Å². The Bertz CT molecular complexity index is 995.